The van der Waals surface area contributed by atoms with Crippen LogP contribution in [0, 0.1) is 17.7 Å². The van der Waals surface area contributed by atoms with Crippen LogP contribution in [0.2, 0.25) is 0 Å². The lowest BCUT2D eigenvalue weighted by Crippen LogP contribution is -2.45. The summed E-state index contributed by atoms with van der Waals surface area (Å²) in [5, 5.41) is 0. The molecule has 2 aromatic rings. The summed E-state index contributed by atoms with van der Waals surface area (Å²) >= 11 is 0. The summed E-state index contributed by atoms with van der Waals surface area (Å²) in [5.74, 6) is -1.32. The first-order chi connectivity index (χ1) is 15.7. The average molecular weight is 501 g/mol. The number of rotatable bonds is 5. The van der Waals surface area contributed by atoms with Crippen LogP contribution >= 0.6 is 0 Å². The highest BCUT2D eigenvalue weighted by Gasteiger charge is 2.60. The van der Waals surface area contributed by atoms with Gasteiger partial charge in [0.15, 0.2) is 9.84 Å². The van der Waals surface area contributed by atoms with Gasteiger partial charge in [0.05, 0.1) is 4.90 Å². The fourth-order valence-electron chi connectivity index (χ4n) is 5.87. The molecule has 2 aromatic carbocycles. The molecule has 0 spiro atoms. The Morgan fingerprint density at radius 1 is 1.06 bits per heavy atom. The normalized spacial score (nSPS) is 26.4. The summed E-state index contributed by atoms with van der Waals surface area (Å²) in [6, 6.07) is 7.89. The maximum atomic E-state index is 14.7. The molecule has 1 unspecified atom stereocenters. The Hall–Kier alpha value is -2.29. The molecule has 0 amide bonds. The molecule has 1 saturated carbocycles. The zero-order valence-corrected chi connectivity index (χ0v) is 19.6. The highest BCUT2D eigenvalue weighted by atomic mass is 32.2. The summed E-state index contributed by atoms with van der Waals surface area (Å²) in [6.45, 7) is 1.89. The van der Waals surface area contributed by atoms with E-state index in [1.165, 1.54) is 25.1 Å². The van der Waals surface area contributed by atoms with E-state index in [0.29, 0.717) is 30.9 Å². The van der Waals surface area contributed by atoms with E-state index in [-0.39, 0.29) is 35.9 Å². The second kappa shape index (κ2) is 8.14. The number of benzene rings is 2. The Labute approximate surface area is 195 Å². The zero-order chi connectivity index (χ0) is 25.1. The molecule has 9 heteroatoms. The monoisotopic (exact) mass is 500 g/mol. The molecular weight excluding hydrogens is 475 g/mol. The van der Waals surface area contributed by atoms with E-state index in [0.717, 1.165) is 24.3 Å². The lowest BCUT2D eigenvalue weighted by molar-refractivity contribution is -0.228. The van der Waals surface area contributed by atoms with Gasteiger partial charge in [0.2, 0.25) is 5.67 Å². The summed E-state index contributed by atoms with van der Waals surface area (Å²) in [7, 11) is -4.13. The van der Waals surface area contributed by atoms with Crippen molar-refractivity contribution in [1.29, 1.82) is 0 Å². The van der Waals surface area contributed by atoms with Crippen LogP contribution in [0.5, 0.6) is 0 Å². The minimum Gasteiger partial charge on any atom is -0.300 e. The van der Waals surface area contributed by atoms with Crippen LogP contribution in [0.15, 0.2) is 47.4 Å². The first kappa shape index (κ1) is 24.8. The van der Waals surface area contributed by atoms with Gasteiger partial charge in [-0.3, -0.25) is 0 Å². The third-order valence-corrected chi connectivity index (χ3v) is 10.1. The van der Waals surface area contributed by atoms with Crippen LogP contribution in [0.3, 0.4) is 0 Å². The van der Waals surface area contributed by atoms with Crippen molar-refractivity contribution < 1.29 is 35.2 Å². The molecule has 184 valence electrons. The quantitative estimate of drug-likeness (QED) is 0.363. The van der Waals surface area contributed by atoms with Crippen LogP contribution in [-0.4, -0.2) is 20.4 Å². The smallest absolute Gasteiger partial charge is 0.300 e. The number of halogens is 5. The van der Waals surface area contributed by atoms with Crippen molar-refractivity contribution in [3.05, 3.63) is 65.0 Å². The van der Waals surface area contributed by atoms with E-state index >= 15 is 0 Å². The van der Waals surface area contributed by atoms with Crippen molar-refractivity contribution in [3.63, 3.8) is 0 Å². The molecule has 0 aliphatic heterocycles. The number of hydrogen-bond donors (Lipinski definition) is 0. The van der Waals surface area contributed by atoms with Gasteiger partial charge in [-0.15, -0.1) is 0 Å². The third-order valence-electron chi connectivity index (χ3n) is 7.57. The van der Waals surface area contributed by atoms with E-state index in [1.807, 2.05) is 0 Å². The average Bonchev–Trinajstić information content (AvgIpc) is 3.12. The summed E-state index contributed by atoms with van der Waals surface area (Å²) in [4.78, 5) is 11.8. The second-order valence-electron chi connectivity index (χ2n) is 9.57. The standard InChI is InChI=1S/C25H25F5O3S/c1-15(31)13-17-11-12-24(34(32,33)20-7-5-19(26)6-8-20)21(17)9-3-16-14-18(4-10-22(16)24)23(2,27)25(28,29)30/h4-8,10,14,17,21H,3,9,11-13H2,1-2H3/t17-,21-,23?,24-/m0/s1. The van der Waals surface area contributed by atoms with E-state index in [9.17, 15) is 35.2 Å². The second-order valence-corrected chi connectivity index (χ2v) is 11.8. The summed E-state index contributed by atoms with van der Waals surface area (Å²) < 4.78 is 94.8. The maximum Gasteiger partial charge on any atom is 0.426 e. The molecule has 0 saturated heterocycles. The van der Waals surface area contributed by atoms with Gasteiger partial charge >= 0.3 is 6.18 Å². The van der Waals surface area contributed by atoms with E-state index in [1.54, 1.807) is 0 Å². The lowest BCUT2D eigenvalue weighted by Gasteiger charge is -2.42. The van der Waals surface area contributed by atoms with Crippen molar-refractivity contribution in [2.45, 2.75) is 67.4 Å². The molecule has 0 bridgehead atoms. The lowest BCUT2D eigenvalue weighted by atomic mass is 9.72. The SMILES string of the molecule is CC(=O)C[C@@H]1CC[C@@]2(S(=O)(=O)c3ccc(F)cc3)c3ccc(C(C)(F)C(F)(F)F)cc3CC[C@@H]12. The van der Waals surface area contributed by atoms with Crippen LogP contribution in [0.1, 0.15) is 56.2 Å². The van der Waals surface area contributed by atoms with Crippen LogP contribution < -0.4 is 0 Å². The molecule has 0 aromatic heterocycles. The van der Waals surface area contributed by atoms with Crippen LogP contribution in [-0.2, 0) is 31.5 Å². The maximum absolute atomic E-state index is 14.7. The summed E-state index contributed by atoms with van der Waals surface area (Å²) in [5.41, 5.74) is -3.46. The molecule has 4 atom stereocenters. The topological polar surface area (TPSA) is 51.2 Å². The Balaban J connectivity index is 1.91. The number of hydrogen-bond acceptors (Lipinski definition) is 3. The van der Waals surface area contributed by atoms with Gasteiger partial charge in [0.1, 0.15) is 16.3 Å². The number of ketones is 1. The largest absolute Gasteiger partial charge is 0.426 e. The molecular formula is C25H25F5O3S. The highest BCUT2D eigenvalue weighted by Crippen LogP contribution is 2.60. The van der Waals surface area contributed by atoms with Gasteiger partial charge in [-0.2, -0.15) is 13.2 Å². The van der Waals surface area contributed by atoms with E-state index in [2.05, 4.69) is 0 Å². The van der Waals surface area contributed by atoms with Gasteiger partial charge in [-0.25, -0.2) is 17.2 Å². The Morgan fingerprint density at radius 2 is 1.71 bits per heavy atom. The van der Waals surface area contributed by atoms with Crippen LogP contribution in [0.4, 0.5) is 22.0 Å². The molecule has 2 aliphatic carbocycles. The molecule has 1 fully saturated rings. The van der Waals surface area contributed by atoms with Crippen molar-refractivity contribution in [3.8, 4) is 0 Å². The number of carbonyl (C=O) groups excluding carboxylic acids is 1. The Bertz CT molecular complexity index is 1220. The first-order valence-electron chi connectivity index (χ1n) is 11.1. The summed E-state index contributed by atoms with van der Waals surface area (Å²) in [6.07, 6.45) is -3.69. The highest BCUT2D eigenvalue weighted by molar-refractivity contribution is 7.92. The fourth-order valence-corrected chi connectivity index (χ4v) is 8.37. The zero-order valence-electron chi connectivity index (χ0n) is 18.8. The fraction of sp³-hybridized carbons (Fsp3) is 0.480. The molecule has 2 aliphatic rings. The third kappa shape index (κ3) is 3.67. The van der Waals surface area contributed by atoms with Gasteiger partial charge in [-0.05, 0) is 92.3 Å². The van der Waals surface area contributed by atoms with Crippen molar-refractivity contribution in [2.24, 2.45) is 11.8 Å². The molecule has 0 N–H and O–H groups in total. The van der Waals surface area contributed by atoms with Gasteiger partial charge in [0.25, 0.3) is 0 Å². The number of Topliss-reactive ketones (excluding diaryl/α,β-unsaturated/α-hetero) is 1. The minimum atomic E-state index is -5.13. The van der Waals surface area contributed by atoms with Gasteiger partial charge in [-0.1, -0.05) is 18.2 Å². The molecule has 0 radical (unpaired) electrons. The predicted octanol–water partition coefficient (Wildman–Crippen LogP) is 6.19. The Kier molecular flexibility index (Phi) is 5.94. The Morgan fingerprint density at radius 3 is 2.29 bits per heavy atom. The van der Waals surface area contributed by atoms with Crippen molar-refractivity contribution in [1.82, 2.24) is 0 Å². The number of alkyl halides is 4. The van der Waals surface area contributed by atoms with Crippen LogP contribution in [0.25, 0.3) is 0 Å². The van der Waals surface area contributed by atoms with Gasteiger partial charge in [0, 0.05) is 6.42 Å². The number of sulfone groups is 1. The van der Waals surface area contributed by atoms with Crippen molar-refractivity contribution >= 4 is 15.6 Å². The predicted molar refractivity (Wildman–Crippen MR) is 116 cm³/mol. The van der Waals surface area contributed by atoms with Gasteiger partial charge < -0.3 is 4.79 Å². The molecule has 4 rings (SSSR count). The number of fused-ring (bicyclic) bond motifs is 3. The molecule has 3 nitrogen and oxygen atoms in total. The van der Waals surface area contributed by atoms with E-state index < -0.39 is 43.7 Å². The first-order valence-corrected chi connectivity index (χ1v) is 12.6. The number of aryl methyl sites for hydroxylation is 1. The molecule has 34 heavy (non-hydrogen) atoms. The number of carbonyl (C=O) groups is 1. The van der Waals surface area contributed by atoms with Crippen molar-refractivity contribution in [2.75, 3.05) is 0 Å². The van der Waals surface area contributed by atoms with E-state index in [4.69, 9.17) is 0 Å². The minimum absolute atomic E-state index is 0.0699. The molecule has 0 heterocycles.